The van der Waals surface area contributed by atoms with E-state index in [9.17, 15) is 9.18 Å². The van der Waals surface area contributed by atoms with Crippen LogP contribution in [0.3, 0.4) is 0 Å². The second-order valence-corrected chi connectivity index (χ2v) is 8.08. The van der Waals surface area contributed by atoms with Crippen molar-refractivity contribution < 1.29 is 9.18 Å². The first kappa shape index (κ1) is 19.4. The molecule has 0 saturated heterocycles. The van der Waals surface area contributed by atoms with Gasteiger partial charge in [-0.2, -0.15) is 5.10 Å². The number of allylic oxidation sites excluding steroid dienone is 1. The van der Waals surface area contributed by atoms with Crippen molar-refractivity contribution in [3.8, 4) is 0 Å². The van der Waals surface area contributed by atoms with Gasteiger partial charge < -0.3 is 0 Å². The van der Waals surface area contributed by atoms with E-state index in [1.807, 2.05) is 36.4 Å². The normalized spacial score (nSPS) is 21.6. The number of hydrogen-bond donors (Lipinski definition) is 0. The van der Waals surface area contributed by atoms with Gasteiger partial charge in [-0.1, -0.05) is 60.7 Å². The lowest BCUT2D eigenvalue weighted by Gasteiger charge is -2.29. The van der Waals surface area contributed by atoms with Gasteiger partial charge in [-0.25, -0.2) is 9.40 Å². The molecular weight excluding hydrogens is 387 g/mol. The lowest BCUT2D eigenvalue weighted by atomic mass is 9.77. The average Bonchev–Trinajstić information content (AvgIpc) is 3.21. The Morgan fingerprint density at radius 3 is 2.32 bits per heavy atom. The molecule has 0 unspecified atom stereocenters. The number of hydrogen-bond acceptors (Lipinski definition) is 2. The molecule has 1 aliphatic carbocycles. The summed E-state index contributed by atoms with van der Waals surface area (Å²) in [5.41, 5.74) is 4.85. The second-order valence-electron chi connectivity index (χ2n) is 8.08. The molecule has 1 fully saturated rings. The highest BCUT2D eigenvalue weighted by Crippen LogP contribution is 2.44. The SMILES string of the molecule is O=C(c1ccc(F)cc1)N1N=C2/C(=C\c3ccccc3)CCC[C@H]2[C@H]1c1ccccc1. The number of fused-ring (bicyclic) bond motifs is 1. The van der Waals surface area contributed by atoms with Crippen LogP contribution in [0, 0.1) is 11.7 Å². The number of nitrogens with zero attached hydrogens (tertiary/aromatic N) is 2. The van der Waals surface area contributed by atoms with Gasteiger partial charge in [0.25, 0.3) is 5.91 Å². The first-order valence-electron chi connectivity index (χ1n) is 10.7. The number of carbonyl (C=O) groups is 1. The largest absolute Gasteiger partial charge is 0.274 e. The van der Waals surface area contributed by atoms with E-state index in [-0.39, 0.29) is 23.7 Å². The Hall–Kier alpha value is -3.53. The summed E-state index contributed by atoms with van der Waals surface area (Å²) in [7, 11) is 0. The Morgan fingerprint density at radius 1 is 0.935 bits per heavy atom. The summed E-state index contributed by atoms with van der Waals surface area (Å²) in [4.78, 5) is 13.4. The summed E-state index contributed by atoms with van der Waals surface area (Å²) < 4.78 is 13.4. The fourth-order valence-corrected chi connectivity index (χ4v) is 4.63. The van der Waals surface area contributed by atoms with Crippen molar-refractivity contribution in [1.82, 2.24) is 5.01 Å². The first-order chi connectivity index (χ1) is 15.2. The van der Waals surface area contributed by atoms with E-state index in [0.717, 1.165) is 36.1 Å². The molecule has 154 valence electrons. The van der Waals surface area contributed by atoms with Gasteiger partial charge in [-0.3, -0.25) is 4.79 Å². The lowest BCUT2D eigenvalue weighted by Crippen LogP contribution is -2.31. The van der Waals surface area contributed by atoms with E-state index in [1.165, 1.54) is 29.8 Å². The predicted molar refractivity (Wildman–Crippen MR) is 121 cm³/mol. The molecule has 2 aliphatic rings. The molecule has 5 rings (SSSR count). The van der Waals surface area contributed by atoms with E-state index in [4.69, 9.17) is 5.10 Å². The van der Waals surface area contributed by atoms with Crippen LogP contribution in [0.4, 0.5) is 4.39 Å². The molecule has 4 heteroatoms. The summed E-state index contributed by atoms with van der Waals surface area (Å²) >= 11 is 0. The monoisotopic (exact) mass is 410 g/mol. The highest BCUT2D eigenvalue weighted by molar-refractivity contribution is 6.09. The molecular formula is C27H23FN2O. The van der Waals surface area contributed by atoms with Crippen molar-refractivity contribution in [3.63, 3.8) is 0 Å². The van der Waals surface area contributed by atoms with E-state index in [1.54, 1.807) is 5.01 Å². The molecule has 0 spiro atoms. The molecule has 0 bridgehead atoms. The van der Waals surface area contributed by atoms with Crippen LogP contribution in [0.15, 0.2) is 95.6 Å². The topological polar surface area (TPSA) is 32.7 Å². The molecule has 1 saturated carbocycles. The summed E-state index contributed by atoms with van der Waals surface area (Å²) in [5.74, 6) is -0.407. The molecule has 1 heterocycles. The molecule has 2 atom stereocenters. The van der Waals surface area contributed by atoms with Crippen LogP contribution in [0.25, 0.3) is 6.08 Å². The van der Waals surface area contributed by atoms with Crippen LogP contribution in [0.1, 0.15) is 46.8 Å². The Kier molecular flexibility index (Phi) is 5.21. The Morgan fingerprint density at radius 2 is 1.61 bits per heavy atom. The van der Waals surface area contributed by atoms with Gasteiger partial charge in [0.15, 0.2) is 0 Å². The van der Waals surface area contributed by atoms with Crippen molar-refractivity contribution in [2.24, 2.45) is 11.0 Å². The maximum Gasteiger partial charge on any atom is 0.274 e. The van der Waals surface area contributed by atoms with E-state index in [0.29, 0.717) is 5.56 Å². The lowest BCUT2D eigenvalue weighted by molar-refractivity contribution is 0.0681. The summed E-state index contributed by atoms with van der Waals surface area (Å²) in [5, 5.41) is 6.50. The Labute approximate surface area is 181 Å². The minimum Gasteiger partial charge on any atom is -0.267 e. The number of halogens is 1. The van der Waals surface area contributed by atoms with E-state index >= 15 is 0 Å². The smallest absolute Gasteiger partial charge is 0.267 e. The third kappa shape index (κ3) is 3.81. The van der Waals surface area contributed by atoms with Crippen molar-refractivity contribution in [1.29, 1.82) is 0 Å². The average molecular weight is 410 g/mol. The van der Waals surface area contributed by atoms with Gasteiger partial charge in [-0.05, 0) is 66.3 Å². The van der Waals surface area contributed by atoms with Gasteiger partial charge in [0.05, 0.1) is 11.8 Å². The van der Waals surface area contributed by atoms with Gasteiger partial charge in [0.2, 0.25) is 0 Å². The number of rotatable bonds is 3. The van der Waals surface area contributed by atoms with Gasteiger partial charge in [-0.15, -0.1) is 0 Å². The summed E-state index contributed by atoms with van der Waals surface area (Å²) in [6.45, 7) is 0. The van der Waals surface area contributed by atoms with Crippen LogP contribution in [-0.2, 0) is 0 Å². The highest BCUT2D eigenvalue weighted by atomic mass is 19.1. The first-order valence-corrected chi connectivity index (χ1v) is 10.7. The highest BCUT2D eigenvalue weighted by Gasteiger charge is 2.43. The zero-order valence-corrected chi connectivity index (χ0v) is 17.1. The summed E-state index contributed by atoms with van der Waals surface area (Å²) in [6.07, 6.45) is 5.19. The zero-order valence-electron chi connectivity index (χ0n) is 17.1. The van der Waals surface area contributed by atoms with E-state index in [2.05, 4.69) is 30.3 Å². The maximum atomic E-state index is 13.4. The van der Waals surface area contributed by atoms with Crippen molar-refractivity contribution in [2.45, 2.75) is 25.3 Å². The van der Waals surface area contributed by atoms with Crippen molar-refractivity contribution in [2.75, 3.05) is 0 Å². The van der Waals surface area contributed by atoms with Crippen LogP contribution in [-0.4, -0.2) is 16.6 Å². The maximum absolute atomic E-state index is 13.4. The summed E-state index contributed by atoms with van der Waals surface area (Å²) in [6, 6.07) is 25.9. The number of benzene rings is 3. The molecule has 1 amide bonds. The Balaban J connectivity index is 1.57. The third-order valence-corrected chi connectivity index (χ3v) is 6.08. The molecule has 0 aromatic heterocycles. The van der Waals surface area contributed by atoms with Crippen molar-refractivity contribution in [3.05, 3.63) is 113 Å². The predicted octanol–water partition coefficient (Wildman–Crippen LogP) is 6.26. The minimum absolute atomic E-state index is 0.149. The number of amides is 1. The minimum atomic E-state index is -0.356. The van der Waals surface area contributed by atoms with Crippen LogP contribution < -0.4 is 0 Å². The number of hydrazone groups is 1. The third-order valence-electron chi connectivity index (χ3n) is 6.08. The quantitative estimate of drug-likeness (QED) is 0.501. The van der Waals surface area contributed by atoms with Gasteiger partial charge in [0.1, 0.15) is 5.82 Å². The second kappa shape index (κ2) is 8.31. The van der Waals surface area contributed by atoms with Crippen LogP contribution in [0.5, 0.6) is 0 Å². The van der Waals surface area contributed by atoms with E-state index < -0.39 is 0 Å². The van der Waals surface area contributed by atoms with Gasteiger partial charge in [0, 0.05) is 11.5 Å². The molecule has 3 aromatic carbocycles. The van der Waals surface area contributed by atoms with Crippen LogP contribution >= 0.6 is 0 Å². The fourth-order valence-electron chi connectivity index (χ4n) is 4.63. The molecule has 0 N–H and O–H groups in total. The molecule has 1 aliphatic heterocycles. The molecule has 3 aromatic rings. The fraction of sp³-hybridized carbons (Fsp3) is 0.185. The zero-order chi connectivity index (χ0) is 21.2. The molecule has 31 heavy (non-hydrogen) atoms. The Bertz CT molecular complexity index is 1140. The number of carbonyl (C=O) groups excluding carboxylic acids is 1. The standard InChI is InChI=1S/C27H23FN2O/c28-23-16-14-21(15-17-23)27(31)30-26(20-10-5-2-6-11-20)24-13-7-12-22(25(24)29-30)18-19-8-3-1-4-9-19/h1-6,8-11,14-18,24,26H,7,12-13H2/b22-18-/t24-,26-/m1/s1. The van der Waals surface area contributed by atoms with Crippen LogP contribution in [0.2, 0.25) is 0 Å². The molecule has 0 radical (unpaired) electrons. The van der Waals surface area contributed by atoms with Crippen molar-refractivity contribution >= 4 is 17.7 Å². The molecule has 3 nitrogen and oxygen atoms in total. The van der Waals surface area contributed by atoms with Gasteiger partial charge >= 0.3 is 0 Å².